The first-order valence-corrected chi connectivity index (χ1v) is 6.49. The second kappa shape index (κ2) is 6.93. The zero-order chi connectivity index (χ0) is 12.8. The highest BCUT2D eigenvalue weighted by Crippen LogP contribution is 2.19. The number of carbonyl (C=O) groups is 1. The maximum Gasteiger partial charge on any atom is 0.309 e. The predicted octanol–water partition coefficient (Wildman–Crippen LogP) is 4.18. The van der Waals surface area contributed by atoms with E-state index in [1.165, 1.54) is 12.8 Å². The van der Waals surface area contributed by atoms with Crippen LogP contribution in [0.3, 0.4) is 0 Å². The van der Waals surface area contributed by atoms with Crippen LogP contribution in [-0.2, 0) is 9.53 Å². The molecule has 0 aromatic rings. The molecule has 2 heteroatoms. The Balaban J connectivity index is 3.88. The van der Waals surface area contributed by atoms with E-state index in [2.05, 4.69) is 13.8 Å². The van der Waals surface area contributed by atoms with Crippen LogP contribution < -0.4 is 0 Å². The van der Waals surface area contributed by atoms with E-state index in [-0.39, 0.29) is 17.5 Å². The lowest BCUT2D eigenvalue weighted by Gasteiger charge is -2.22. The summed E-state index contributed by atoms with van der Waals surface area (Å²) in [7, 11) is 0. The van der Waals surface area contributed by atoms with Crippen molar-refractivity contribution < 1.29 is 9.53 Å². The minimum atomic E-state index is -0.361. The number of hydrogen-bond donors (Lipinski definition) is 0. The van der Waals surface area contributed by atoms with E-state index in [1.807, 2.05) is 27.7 Å². The van der Waals surface area contributed by atoms with Gasteiger partial charge in [0.15, 0.2) is 0 Å². The summed E-state index contributed by atoms with van der Waals surface area (Å²) in [4.78, 5) is 11.7. The Bertz CT molecular complexity index is 203. The first-order chi connectivity index (χ1) is 7.26. The van der Waals surface area contributed by atoms with Crippen molar-refractivity contribution in [2.75, 3.05) is 0 Å². The van der Waals surface area contributed by atoms with Crippen molar-refractivity contribution in [1.29, 1.82) is 0 Å². The molecule has 0 N–H and O–H groups in total. The molecule has 0 saturated carbocycles. The molecule has 0 bridgehead atoms. The molecule has 0 heterocycles. The summed E-state index contributed by atoms with van der Waals surface area (Å²) in [5, 5.41) is 0. The van der Waals surface area contributed by atoms with Crippen molar-refractivity contribution in [3.63, 3.8) is 0 Å². The van der Waals surface area contributed by atoms with Gasteiger partial charge in [-0.25, -0.2) is 0 Å². The van der Waals surface area contributed by atoms with Crippen molar-refractivity contribution in [3.8, 4) is 0 Å². The average Bonchev–Trinajstić information content (AvgIpc) is 2.11. The summed E-state index contributed by atoms with van der Waals surface area (Å²) in [6.07, 6.45) is 4.54. The highest BCUT2D eigenvalue weighted by Gasteiger charge is 2.21. The maximum atomic E-state index is 11.7. The Labute approximate surface area is 101 Å². The Morgan fingerprint density at radius 3 is 2.12 bits per heavy atom. The minimum Gasteiger partial charge on any atom is -0.460 e. The third-order valence-corrected chi connectivity index (χ3v) is 2.68. The molecule has 0 aliphatic heterocycles. The molecule has 0 aromatic carbocycles. The third kappa shape index (κ3) is 7.72. The first-order valence-electron chi connectivity index (χ1n) is 6.49. The van der Waals surface area contributed by atoms with Gasteiger partial charge < -0.3 is 4.74 Å². The number of carbonyl (C=O) groups excluding carboxylic acids is 1. The van der Waals surface area contributed by atoms with Gasteiger partial charge in [-0.2, -0.15) is 0 Å². The summed E-state index contributed by atoms with van der Waals surface area (Å²) < 4.78 is 5.35. The van der Waals surface area contributed by atoms with Crippen LogP contribution in [0, 0.1) is 11.8 Å². The van der Waals surface area contributed by atoms with E-state index in [1.54, 1.807) is 0 Å². The van der Waals surface area contributed by atoms with Crippen LogP contribution >= 0.6 is 0 Å². The lowest BCUT2D eigenvalue weighted by atomic mass is 9.95. The fourth-order valence-electron chi connectivity index (χ4n) is 1.69. The molecule has 96 valence electrons. The smallest absolute Gasteiger partial charge is 0.309 e. The minimum absolute atomic E-state index is 0.0264. The molecular formula is C14H28O2. The zero-order valence-electron chi connectivity index (χ0n) is 11.8. The molecule has 0 spiro atoms. The van der Waals surface area contributed by atoms with E-state index in [0.29, 0.717) is 0 Å². The van der Waals surface area contributed by atoms with Crippen molar-refractivity contribution in [1.82, 2.24) is 0 Å². The van der Waals surface area contributed by atoms with Gasteiger partial charge in [0.05, 0.1) is 5.92 Å². The van der Waals surface area contributed by atoms with Crippen molar-refractivity contribution >= 4 is 5.97 Å². The van der Waals surface area contributed by atoms with E-state index in [4.69, 9.17) is 4.74 Å². The Hall–Kier alpha value is -0.530. The topological polar surface area (TPSA) is 26.3 Å². The summed E-state index contributed by atoms with van der Waals surface area (Å²) in [6.45, 7) is 12.2. The van der Waals surface area contributed by atoms with E-state index in [0.717, 1.165) is 18.8 Å². The molecule has 0 rings (SSSR count). The van der Waals surface area contributed by atoms with Crippen LogP contribution in [0.5, 0.6) is 0 Å². The summed E-state index contributed by atoms with van der Waals surface area (Å²) in [5.74, 6) is 0.685. The normalized spacial score (nSPS) is 15.6. The lowest BCUT2D eigenvalue weighted by Crippen LogP contribution is -2.27. The standard InChI is InChI=1S/C14H28O2/c1-7-8-11(2)9-10-12(3)13(15)16-14(4,5)6/h11-12H,7-10H2,1-6H3. The van der Waals surface area contributed by atoms with Crippen LogP contribution in [-0.4, -0.2) is 11.6 Å². The summed E-state index contributed by atoms with van der Waals surface area (Å²) >= 11 is 0. The largest absolute Gasteiger partial charge is 0.460 e. The van der Waals surface area contributed by atoms with Crippen molar-refractivity contribution in [2.24, 2.45) is 11.8 Å². The zero-order valence-corrected chi connectivity index (χ0v) is 11.8. The molecule has 0 aliphatic carbocycles. The first kappa shape index (κ1) is 15.5. The molecule has 2 atom stereocenters. The number of hydrogen-bond acceptors (Lipinski definition) is 2. The molecule has 0 aromatic heterocycles. The molecule has 0 saturated heterocycles. The van der Waals surface area contributed by atoms with Crippen molar-refractivity contribution in [3.05, 3.63) is 0 Å². The lowest BCUT2D eigenvalue weighted by molar-refractivity contribution is -0.159. The van der Waals surface area contributed by atoms with E-state index < -0.39 is 0 Å². The Morgan fingerprint density at radius 1 is 1.12 bits per heavy atom. The summed E-state index contributed by atoms with van der Waals surface area (Å²) in [5.41, 5.74) is -0.361. The number of rotatable bonds is 6. The summed E-state index contributed by atoms with van der Waals surface area (Å²) in [6, 6.07) is 0. The van der Waals surface area contributed by atoms with E-state index in [9.17, 15) is 4.79 Å². The van der Waals surface area contributed by atoms with Gasteiger partial charge in [0.25, 0.3) is 0 Å². The molecule has 16 heavy (non-hydrogen) atoms. The highest BCUT2D eigenvalue weighted by molar-refractivity contribution is 5.72. The van der Waals surface area contributed by atoms with Gasteiger partial charge in [-0.3, -0.25) is 4.79 Å². The second-order valence-corrected chi connectivity index (χ2v) is 5.91. The SMILES string of the molecule is CCCC(C)CCC(C)C(=O)OC(C)(C)C. The molecule has 2 unspecified atom stereocenters. The van der Waals surface area contributed by atoms with E-state index >= 15 is 0 Å². The molecule has 2 nitrogen and oxygen atoms in total. The Kier molecular flexibility index (Phi) is 6.70. The fraction of sp³-hybridized carbons (Fsp3) is 0.929. The van der Waals surface area contributed by atoms with Gasteiger partial charge in [-0.1, -0.05) is 33.6 Å². The van der Waals surface area contributed by atoms with Gasteiger partial charge in [0.1, 0.15) is 5.60 Å². The van der Waals surface area contributed by atoms with Crippen LogP contribution in [0.2, 0.25) is 0 Å². The van der Waals surface area contributed by atoms with Crippen LogP contribution in [0.15, 0.2) is 0 Å². The Morgan fingerprint density at radius 2 is 1.69 bits per heavy atom. The average molecular weight is 228 g/mol. The van der Waals surface area contributed by atoms with Gasteiger partial charge in [-0.05, 0) is 39.5 Å². The van der Waals surface area contributed by atoms with Gasteiger partial charge >= 0.3 is 5.97 Å². The van der Waals surface area contributed by atoms with Crippen LogP contribution in [0.4, 0.5) is 0 Å². The van der Waals surface area contributed by atoms with Crippen LogP contribution in [0.1, 0.15) is 67.2 Å². The second-order valence-electron chi connectivity index (χ2n) is 5.91. The molecule has 0 aliphatic rings. The third-order valence-electron chi connectivity index (χ3n) is 2.68. The molecule has 0 fully saturated rings. The molecule has 0 radical (unpaired) electrons. The molecule has 0 amide bonds. The number of esters is 1. The highest BCUT2D eigenvalue weighted by atomic mass is 16.6. The monoisotopic (exact) mass is 228 g/mol. The number of ether oxygens (including phenoxy) is 1. The maximum absolute atomic E-state index is 11.7. The van der Waals surface area contributed by atoms with Gasteiger partial charge in [0, 0.05) is 0 Å². The fourth-order valence-corrected chi connectivity index (χ4v) is 1.69. The van der Waals surface area contributed by atoms with Crippen molar-refractivity contribution in [2.45, 2.75) is 72.8 Å². The quantitative estimate of drug-likeness (QED) is 0.637. The molecular weight excluding hydrogens is 200 g/mol. The van der Waals surface area contributed by atoms with Crippen LogP contribution in [0.25, 0.3) is 0 Å². The van der Waals surface area contributed by atoms with Gasteiger partial charge in [0.2, 0.25) is 0 Å². The van der Waals surface area contributed by atoms with Gasteiger partial charge in [-0.15, -0.1) is 0 Å². The predicted molar refractivity (Wildman–Crippen MR) is 68.3 cm³/mol.